The first kappa shape index (κ1) is 21.3. The summed E-state index contributed by atoms with van der Waals surface area (Å²) in [5.74, 6) is 1.14. The lowest BCUT2D eigenvalue weighted by molar-refractivity contribution is -0.131. The van der Waals surface area contributed by atoms with Crippen LogP contribution in [0, 0.1) is 0 Å². The van der Waals surface area contributed by atoms with Crippen LogP contribution < -0.4 is 21.3 Å². The van der Waals surface area contributed by atoms with Crippen molar-refractivity contribution in [1.82, 2.24) is 10.9 Å². The first-order chi connectivity index (χ1) is 11.8. The highest BCUT2D eigenvalue weighted by molar-refractivity contribution is 7.99. The van der Waals surface area contributed by atoms with Gasteiger partial charge in [-0.1, -0.05) is 6.92 Å². The van der Waals surface area contributed by atoms with E-state index in [9.17, 15) is 14.7 Å². The van der Waals surface area contributed by atoms with Crippen molar-refractivity contribution in [3.8, 4) is 5.75 Å². The molecule has 0 aliphatic heterocycles. The molecule has 0 aliphatic rings. The maximum absolute atomic E-state index is 12.0. The normalized spacial score (nSPS) is 13.2. The number of hydrogen-bond donors (Lipinski definition) is 4. The van der Waals surface area contributed by atoms with Gasteiger partial charge in [-0.15, -0.1) is 0 Å². The minimum Gasteiger partial charge on any atom is -0.491 e. The number of ether oxygens (including phenoxy) is 1. The summed E-state index contributed by atoms with van der Waals surface area (Å²) >= 11 is 1.68. The number of rotatable bonds is 9. The van der Waals surface area contributed by atoms with Gasteiger partial charge < -0.3 is 15.6 Å². The second-order valence-corrected chi connectivity index (χ2v) is 7.12. The molecule has 25 heavy (non-hydrogen) atoms. The first-order valence-electron chi connectivity index (χ1n) is 8.23. The SMILES string of the molecule is CCSCC[C@@H](N)C(O)C(=O)NNC(=O)c1ccc(OC(C)C)cc1. The number of amides is 2. The van der Waals surface area contributed by atoms with Gasteiger partial charge in [-0.3, -0.25) is 20.4 Å². The van der Waals surface area contributed by atoms with Crippen molar-refractivity contribution in [2.45, 2.75) is 45.4 Å². The van der Waals surface area contributed by atoms with Crippen LogP contribution in [-0.4, -0.2) is 46.7 Å². The fraction of sp³-hybridized carbons (Fsp3) is 0.529. The number of aliphatic hydroxyl groups is 1. The van der Waals surface area contributed by atoms with Gasteiger partial charge in [0.25, 0.3) is 11.8 Å². The fourth-order valence-electron chi connectivity index (χ4n) is 1.94. The Morgan fingerprint density at radius 2 is 1.88 bits per heavy atom. The van der Waals surface area contributed by atoms with E-state index in [1.54, 1.807) is 36.0 Å². The Morgan fingerprint density at radius 1 is 1.24 bits per heavy atom. The van der Waals surface area contributed by atoms with Gasteiger partial charge in [0, 0.05) is 11.6 Å². The van der Waals surface area contributed by atoms with Gasteiger partial charge in [0.05, 0.1) is 6.10 Å². The lowest BCUT2D eigenvalue weighted by Gasteiger charge is -2.18. The Bertz CT molecular complexity index is 551. The minimum absolute atomic E-state index is 0.0420. The third kappa shape index (κ3) is 7.76. The zero-order valence-electron chi connectivity index (χ0n) is 14.8. The molecule has 0 saturated carbocycles. The Labute approximate surface area is 152 Å². The topological polar surface area (TPSA) is 114 Å². The molecule has 2 atom stereocenters. The molecule has 0 aromatic heterocycles. The number of benzene rings is 1. The molecule has 7 nitrogen and oxygen atoms in total. The van der Waals surface area contributed by atoms with Crippen LogP contribution in [0.5, 0.6) is 5.75 Å². The molecule has 0 saturated heterocycles. The highest BCUT2D eigenvalue weighted by Crippen LogP contribution is 2.13. The Morgan fingerprint density at radius 3 is 2.44 bits per heavy atom. The predicted octanol–water partition coefficient (Wildman–Crippen LogP) is 1.07. The van der Waals surface area contributed by atoms with Crippen molar-refractivity contribution in [3.63, 3.8) is 0 Å². The molecule has 1 unspecified atom stereocenters. The fourth-order valence-corrected chi connectivity index (χ4v) is 2.67. The van der Waals surface area contributed by atoms with Crippen LogP contribution in [0.25, 0.3) is 0 Å². The van der Waals surface area contributed by atoms with E-state index in [2.05, 4.69) is 10.9 Å². The van der Waals surface area contributed by atoms with E-state index >= 15 is 0 Å². The summed E-state index contributed by atoms with van der Waals surface area (Å²) < 4.78 is 5.50. The van der Waals surface area contributed by atoms with Gasteiger partial charge in [-0.25, -0.2) is 0 Å². The average Bonchev–Trinajstić information content (AvgIpc) is 2.58. The van der Waals surface area contributed by atoms with Crippen molar-refractivity contribution in [2.24, 2.45) is 5.73 Å². The molecule has 1 aromatic rings. The molecular formula is C17H27N3O4S. The largest absolute Gasteiger partial charge is 0.491 e. The average molecular weight is 369 g/mol. The lowest BCUT2D eigenvalue weighted by Crippen LogP contribution is -2.52. The second kappa shape index (κ2) is 11.0. The van der Waals surface area contributed by atoms with Crippen LogP contribution in [0.1, 0.15) is 37.6 Å². The van der Waals surface area contributed by atoms with Gasteiger partial charge in [-0.05, 0) is 56.0 Å². The number of nitrogens with one attached hydrogen (secondary N) is 2. The van der Waals surface area contributed by atoms with Crippen LogP contribution >= 0.6 is 11.8 Å². The monoisotopic (exact) mass is 369 g/mol. The van der Waals surface area contributed by atoms with Crippen LogP contribution in [0.4, 0.5) is 0 Å². The second-order valence-electron chi connectivity index (χ2n) is 5.73. The molecule has 0 bridgehead atoms. The molecule has 2 amide bonds. The number of carbonyl (C=O) groups is 2. The van der Waals surface area contributed by atoms with Crippen molar-refractivity contribution in [1.29, 1.82) is 0 Å². The number of hydrazine groups is 1. The van der Waals surface area contributed by atoms with E-state index in [0.717, 1.165) is 11.5 Å². The van der Waals surface area contributed by atoms with Gasteiger partial charge in [0.15, 0.2) is 0 Å². The molecule has 8 heteroatoms. The van der Waals surface area contributed by atoms with Crippen LogP contribution in [-0.2, 0) is 4.79 Å². The Kier molecular flexibility index (Phi) is 9.33. The molecule has 0 aliphatic carbocycles. The molecule has 0 radical (unpaired) electrons. The number of carbonyl (C=O) groups excluding carboxylic acids is 2. The Balaban J connectivity index is 2.45. The summed E-state index contributed by atoms with van der Waals surface area (Å²) in [6.07, 6.45) is -0.821. The zero-order chi connectivity index (χ0) is 18.8. The van der Waals surface area contributed by atoms with Crippen LogP contribution in [0.15, 0.2) is 24.3 Å². The van der Waals surface area contributed by atoms with E-state index < -0.39 is 24.0 Å². The molecule has 1 aromatic carbocycles. The third-order valence-electron chi connectivity index (χ3n) is 3.26. The number of nitrogens with two attached hydrogens (primary N) is 1. The number of thioether (sulfide) groups is 1. The lowest BCUT2D eigenvalue weighted by atomic mass is 10.1. The highest BCUT2D eigenvalue weighted by Gasteiger charge is 2.23. The van der Waals surface area contributed by atoms with Crippen molar-refractivity contribution < 1.29 is 19.4 Å². The van der Waals surface area contributed by atoms with Gasteiger partial charge in [-0.2, -0.15) is 11.8 Å². The maximum Gasteiger partial charge on any atom is 0.269 e. The molecule has 0 heterocycles. The van der Waals surface area contributed by atoms with E-state index in [4.69, 9.17) is 10.5 Å². The molecule has 0 fully saturated rings. The van der Waals surface area contributed by atoms with Gasteiger partial charge in [0.1, 0.15) is 11.9 Å². The van der Waals surface area contributed by atoms with E-state index in [0.29, 0.717) is 17.7 Å². The van der Waals surface area contributed by atoms with Crippen molar-refractivity contribution >= 4 is 23.6 Å². The summed E-state index contributed by atoms with van der Waals surface area (Å²) in [7, 11) is 0. The maximum atomic E-state index is 12.0. The summed E-state index contributed by atoms with van der Waals surface area (Å²) in [6, 6.07) is 5.84. The standard InChI is InChI=1S/C17H27N3O4S/c1-4-25-10-9-14(18)15(21)17(23)20-19-16(22)12-5-7-13(8-6-12)24-11(2)3/h5-8,11,14-15,21H,4,9-10,18H2,1-3H3,(H,19,22)(H,20,23)/t14-,15?/m1/s1. The molecular weight excluding hydrogens is 342 g/mol. The van der Waals surface area contributed by atoms with E-state index in [-0.39, 0.29) is 6.10 Å². The van der Waals surface area contributed by atoms with Gasteiger partial charge >= 0.3 is 0 Å². The summed E-state index contributed by atoms with van der Waals surface area (Å²) in [5, 5.41) is 9.88. The van der Waals surface area contributed by atoms with Crippen LogP contribution in [0.2, 0.25) is 0 Å². The van der Waals surface area contributed by atoms with Crippen molar-refractivity contribution in [2.75, 3.05) is 11.5 Å². The zero-order valence-corrected chi connectivity index (χ0v) is 15.6. The predicted molar refractivity (Wildman–Crippen MR) is 99.4 cm³/mol. The van der Waals surface area contributed by atoms with Crippen LogP contribution in [0.3, 0.4) is 0 Å². The summed E-state index contributed by atoms with van der Waals surface area (Å²) in [4.78, 5) is 23.8. The summed E-state index contributed by atoms with van der Waals surface area (Å²) in [5.41, 5.74) is 10.6. The Hall–Kier alpha value is -1.77. The molecule has 0 spiro atoms. The summed E-state index contributed by atoms with van der Waals surface area (Å²) in [6.45, 7) is 5.84. The van der Waals surface area contributed by atoms with E-state index in [1.165, 1.54) is 0 Å². The smallest absolute Gasteiger partial charge is 0.269 e. The first-order valence-corrected chi connectivity index (χ1v) is 9.39. The quantitative estimate of drug-likeness (QED) is 0.382. The number of hydrogen-bond acceptors (Lipinski definition) is 6. The van der Waals surface area contributed by atoms with Crippen molar-refractivity contribution in [3.05, 3.63) is 29.8 Å². The minimum atomic E-state index is -1.38. The number of aliphatic hydroxyl groups excluding tert-OH is 1. The molecule has 1 rings (SSSR count). The highest BCUT2D eigenvalue weighted by atomic mass is 32.2. The van der Waals surface area contributed by atoms with E-state index in [1.807, 2.05) is 20.8 Å². The molecule has 140 valence electrons. The third-order valence-corrected chi connectivity index (χ3v) is 4.19. The van der Waals surface area contributed by atoms with Gasteiger partial charge in [0.2, 0.25) is 0 Å². The molecule has 5 N–H and O–H groups in total.